The first kappa shape index (κ1) is 20.2. The molecule has 0 fully saturated rings. The van der Waals surface area contributed by atoms with Gasteiger partial charge in [-0.05, 0) is 41.8 Å². The Kier molecular flexibility index (Phi) is 4.73. The molecule has 0 radical (unpaired) electrons. The van der Waals surface area contributed by atoms with Crippen LogP contribution in [-0.2, 0) is 12.6 Å². The van der Waals surface area contributed by atoms with Gasteiger partial charge in [0, 0.05) is 29.2 Å². The van der Waals surface area contributed by atoms with Crippen LogP contribution in [-0.4, -0.2) is 29.4 Å². The number of halogens is 3. The molecule has 164 valence electrons. The Morgan fingerprint density at radius 2 is 1.94 bits per heavy atom. The second-order valence-electron chi connectivity index (χ2n) is 7.66. The van der Waals surface area contributed by atoms with Crippen LogP contribution < -0.4 is 4.74 Å². The third kappa shape index (κ3) is 3.32. The third-order valence-corrected chi connectivity index (χ3v) is 5.82. The monoisotopic (exact) mass is 440 g/mol. The van der Waals surface area contributed by atoms with E-state index in [1.54, 1.807) is 11.0 Å². The first-order valence-electron chi connectivity index (χ1n) is 10.1. The lowest BCUT2D eigenvalue weighted by atomic mass is 9.91. The molecule has 0 aliphatic carbocycles. The number of hydrogen-bond donors (Lipinski definition) is 1. The van der Waals surface area contributed by atoms with E-state index < -0.39 is 23.7 Å². The lowest BCUT2D eigenvalue weighted by molar-refractivity contribution is -0.137. The van der Waals surface area contributed by atoms with Gasteiger partial charge in [-0.2, -0.15) is 13.2 Å². The number of H-pyrrole nitrogens is 1. The maximum atomic E-state index is 13.4. The maximum Gasteiger partial charge on any atom is 0.416 e. The van der Waals surface area contributed by atoms with Crippen molar-refractivity contribution in [3.63, 3.8) is 0 Å². The van der Waals surface area contributed by atoms with Gasteiger partial charge in [0.1, 0.15) is 0 Å². The Bertz CT molecular complexity index is 1310. The highest BCUT2D eigenvalue weighted by Gasteiger charge is 2.38. The molecule has 32 heavy (non-hydrogen) atoms. The van der Waals surface area contributed by atoms with Crippen molar-refractivity contribution in [3.8, 4) is 5.95 Å². The fraction of sp³-hybridized carbons (Fsp3) is 0.208. The van der Waals surface area contributed by atoms with Crippen LogP contribution in [0, 0.1) is 0 Å². The average molecular weight is 440 g/mol. The summed E-state index contributed by atoms with van der Waals surface area (Å²) in [6, 6.07) is 15.1. The molecule has 3 heterocycles. The van der Waals surface area contributed by atoms with E-state index in [0.29, 0.717) is 24.2 Å². The Labute approximate surface area is 181 Å². The van der Waals surface area contributed by atoms with Crippen molar-refractivity contribution in [1.29, 1.82) is 0 Å². The van der Waals surface area contributed by atoms with Crippen molar-refractivity contribution >= 4 is 16.8 Å². The zero-order valence-electron chi connectivity index (χ0n) is 17.1. The number of carbonyl (C=O) groups excluding carboxylic acids is 1. The van der Waals surface area contributed by atoms with Crippen LogP contribution in [0.15, 0.2) is 65.1 Å². The zero-order valence-corrected chi connectivity index (χ0v) is 17.1. The van der Waals surface area contributed by atoms with Crippen LogP contribution >= 0.6 is 0 Å². The van der Waals surface area contributed by atoms with E-state index in [9.17, 15) is 18.0 Å². The molecule has 2 aromatic carbocycles. The predicted octanol–water partition coefficient (Wildman–Crippen LogP) is 5.58. The Morgan fingerprint density at radius 1 is 1.12 bits per heavy atom. The Morgan fingerprint density at radius 3 is 2.69 bits per heavy atom. The van der Waals surface area contributed by atoms with Gasteiger partial charge < -0.3 is 19.0 Å². The van der Waals surface area contributed by atoms with Gasteiger partial charge in [-0.3, -0.25) is 4.79 Å². The average Bonchev–Trinajstić information content (AvgIpc) is 3.42. The molecule has 2 aromatic heterocycles. The first-order valence-corrected chi connectivity index (χ1v) is 10.1. The van der Waals surface area contributed by atoms with Crippen molar-refractivity contribution < 1.29 is 27.1 Å². The lowest BCUT2D eigenvalue weighted by Crippen LogP contribution is -2.40. The molecular weight excluding hydrogens is 421 g/mol. The molecule has 5 nitrogen and oxygen atoms in total. The van der Waals surface area contributed by atoms with Crippen molar-refractivity contribution in [3.05, 3.63) is 88.8 Å². The zero-order chi connectivity index (χ0) is 22.5. The van der Waals surface area contributed by atoms with Crippen LogP contribution in [0.5, 0.6) is 5.95 Å². The van der Waals surface area contributed by atoms with E-state index in [2.05, 4.69) is 4.98 Å². The van der Waals surface area contributed by atoms with E-state index >= 15 is 0 Å². The number of aromatic nitrogens is 1. The van der Waals surface area contributed by atoms with E-state index in [1.165, 1.54) is 25.3 Å². The first-order chi connectivity index (χ1) is 15.4. The SMILES string of the molecule is COc1ccc(C(=O)N2CCc3c([nH]c4ccccc34)[C@H]2c2cccc(C(F)(F)F)c2)o1. The van der Waals surface area contributed by atoms with Crippen LogP contribution in [0.4, 0.5) is 13.2 Å². The van der Waals surface area contributed by atoms with Crippen LogP contribution in [0.3, 0.4) is 0 Å². The van der Waals surface area contributed by atoms with Crippen molar-refractivity contribution in [2.75, 3.05) is 13.7 Å². The number of methoxy groups -OCH3 is 1. The summed E-state index contributed by atoms with van der Waals surface area (Å²) in [6.45, 7) is 0.331. The number of ether oxygens (including phenoxy) is 1. The summed E-state index contributed by atoms with van der Waals surface area (Å²) in [5, 5.41) is 1.01. The van der Waals surface area contributed by atoms with Gasteiger partial charge in [-0.1, -0.05) is 30.3 Å². The quantitative estimate of drug-likeness (QED) is 0.453. The molecule has 1 aliphatic rings. The number of nitrogens with zero attached hydrogens (tertiary/aromatic N) is 1. The second kappa shape index (κ2) is 7.47. The summed E-state index contributed by atoms with van der Waals surface area (Å²) < 4.78 is 50.8. The molecule has 0 saturated carbocycles. The topological polar surface area (TPSA) is 58.5 Å². The lowest BCUT2D eigenvalue weighted by Gasteiger charge is -2.36. The number of aromatic amines is 1. The standard InChI is InChI=1S/C24H19F3N2O3/c1-31-20-10-9-19(32-20)23(30)29-12-11-17-16-7-2-3-8-18(16)28-21(17)22(29)14-5-4-6-15(13-14)24(25,26)27/h2-10,13,22,28H,11-12H2,1H3/t22-/m1/s1. The van der Waals surface area contributed by atoms with Gasteiger partial charge in [0.2, 0.25) is 0 Å². The maximum absolute atomic E-state index is 13.4. The molecule has 0 unspecified atom stereocenters. The van der Waals surface area contributed by atoms with Gasteiger partial charge in [-0.25, -0.2) is 0 Å². The third-order valence-electron chi connectivity index (χ3n) is 5.82. The second-order valence-corrected chi connectivity index (χ2v) is 7.66. The van der Waals surface area contributed by atoms with E-state index in [4.69, 9.17) is 9.15 Å². The highest BCUT2D eigenvalue weighted by atomic mass is 19.4. The summed E-state index contributed by atoms with van der Waals surface area (Å²) in [7, 11) is 1.43. The molecule has 1 amide bonds. The molecule has 4 aromatic rings. The Hall–Kier alpha value is -3.68. The van der Waals surface area contributed by atoms with E-state index in [0.717, 1.165) is 28.6 Å². The van der Waals surface area contributed by atoms with Crippen molar-refractivity contribution in [2.24, 2.45) is 0 Å². The number of alkyl halides is 3. The molecule has 1 N–H and O–H groups in total. The number of amides is 1. The smallest absolute Gasteiger partial charge is 0.416 e. The molecule has 1 atom stereocenters. The van der Waals surface area contributed by atoms with Crippen LogP contribution in [0.25, 0.3) is 10.9 Å². The molecule has 1 aliphatic heterocycles. The van der Waals surface area contributed by atoms with Crippen molar-refractivity contribution in [2.45, 2.75) is 18.6 Å². The molecular formula is C24H19F3N2O3. The van der Waals surface area contributed by atoms with Gasteiger partial charge in [0.25, 0.3) is 11.9 Å². The largest absolute Gasteiger partial charge is 0.468 e. The number of benzene rings is 2. The summed E-state index contributed by atoms with van der Waals surface area (Å²) in [5.74, 6) is -0.161. The molecule has 0 spiro atoms. The number of hydrogen-bond acceptors (Lipinski definition) is 3. The van der Waals surface area contributed by atoms with Gasteiger partial charge >= 0.3 is 6.18 Å². The molecule has 0 bridgehead atoms. The number of nitrogens with one attached hydrogen (secondary N) is 1. The summed E-state index contributed by atoms with van der Waals surface area (Å²) in [6.07, 6.45) is -3.92. The van der Waals surface area contributed by atoms with Gasteiger partial charge in [0.05, 0.1) is 18.7 Å². The molecule has 8 heteroatoms. The minimum Gasteiger partial charge on any atom is -0.468 e. The number of rotatable bonds is 3. The highest BCUT2D eigenvalue weighted by Crippen LogP contribution is 2.41. The predicted molar refractivity (Wildman–Crippen MR) is 112 cm³/mol. The van der Waals surface area contributed by atoms with E-state index in [1.807, 2.05) is 24.3 Å². The Balaban J connectivity index is 1.66. The summed E-state index contributed by atoms with van der Waals surface area (Å²) in [4.78, 5) is 18.3. The molecule has 5 rings (SSSR count). The minimum atomic E-state index is -4.49. The minimum absolute atomic E-state index is 0.0680. The summed E-state index contributed by atoms with van der Waals surface area (Å²) >= 11 is 0. The van der Waals surface area contributed by atoms with Crippen LogP contribution in [0.2, 0.25) is 0 Å². The summed E-state index contributed by atoms with van der Waals surface area (Å²) in [5.41, 5.74) is 2.21. The van der Waals surface area contributed by atoms with Crippen LogP contribution in [0.1, 0.15) is 39.0 Å². The number of furan rings is 1. The van der Waals surface area contributed by atoms with E-state index in [-0.39, 0.29) is 11.7 Å². The fourth-order valence-corrected chi connectivity index (χ4v) is 4.38. The van der Waals surface area contributed by atoms with Gasteiger partial charge in [-0.15, -0.1) is 0 Å². The van der Waals surface area contributed by atoms with Crippen molar-refractivity contribution in [1.82, 2.24) is 9.88 Å². The highest BCUT2D eigenvalue weighted by molar-refractivity contribution is 5.93. The number of para-hydroxylation sites is 1. The number of carbonyl (C=O) groups is 1. The fourth-order valence-electron chi connectivity index (χ4n) is 4.38. The number of fused-ring (bicyclic) bond motifs is 3. The normalized spacial score (nSPS) is 16.2. The van der Waals surface area contributed by atoms with Gasteiger partial charge in [0.15, 0.2) is 5.76 Å². The molecule has 0 saturated heterocycles.